The molecule has 1 saturated heterocycles. The third-order valence-corrected chi connectivity index (χ3v) is 5.05. The Morgan fingerprint density at radius 3 is 2.88 bits per heavy atom. The number of hydrogen-bond donors (Lipinski definition) is 1. The van der Waals surface area contributed by atoms with E-state index in [0.29, 0.717) is 0 Å². The van der Waals surface area contributed by atoms with Crippen LogP contribution in [-0.4, -0.2) is 40.9 Å². The molecule has 2 N–H and O–H groups in total. The van der Waals surface area contributed by atoms with E-state index < -0.39 is 0 Å². The number of piperidine rings is 1. The molecule has 3 rings (SSSR count). The van der Waals surface area contributed by atoms with Gasteiger partial charge in [0, 0.05) is 23.3 Å². The van der Waals surface area contributed by atoms with E-state index in [1.165, 1.54) is 5.69 Å². The van der Waals surface area contributed by atoms with Crippen LogP contribution < -0.4 is 5.73 Å². The summed E-state index contributed by atoms with van der Waals surface area (Å²) in [5.41, 5.74) is 7.93. The summed E-state index contributed by atoms with van der Waals surface area (Å²) in [6.07, 6.45) is 4.21. The Balaban J connectivity index is 2.02. The van der Waals surface area contributed by atoms with Crippen LogP contribution >= 0.6 is 9.24 Å². The quantitative estimate of drug-likeness (QED) is 0.672. The first-order valence-corrected chi connectivity index (χ1v) is 6.55. The zero-order valence-corrected chi connectivity index (χ0v) is 10.8. The number of hydrogen-bond acceptors (Lipinski definition) is 3. The summed E-state index contributed by atoms with van der Waals surface area (Å²) in [7, 11) is 5.03. The Labute approximate surface area is 98.4 Å². The van der Waals surface area contributed by atoms with Gasteiger partial charge in [0.15, 0.2) is 0 Å². The molecule has 0 saturated carbocycles. The first-order valence-electron chi connectivity index (χ1n) is 5.89. The smallest absolute Gasteiger partial charge is 0.0817 e. The van der Waals surface area contributed by atoms with Gasteiger partial charge in [-0.15, -0.1) is 9.24 Å². The Hall–Kier alpha value is -0.440. The van der Waals surface area contributed by atoms with E-state index >= 15 is 0 Å². The average molecular weight is 238 g/mol. The van der Waals surface area contributed by atoms with Crippen molar-refractivity contribution in [3.63, 3.8) is 0 Å². The minimum atomic E-state index is 0.162. The van der Waals surface area contributed by atoms with Crippen molar-refractivity contribution in [2.45, 2.75) is 30.1 Å². The number of nitrogens with zero attached hydrogens (tertiary/aromatic N) is 3. The third kappa shape index (κ3) is 1.24. The number of likely N-dealkylation sites (tertiary alicyclic amines) is 1. The predicted octanol–water partition coefficient (Wildman–Crippen LogP) is 0.561. The van der Waals surface area contributed by atoms with Crippen molar-refractivity contribution < 1.29 is 0 Å². The number of fused-ring (bicyclic) bond motifs is 2. The van der Waals surface area contributed by atoms with Gasteiger partial charge in [-0.2, -0.15) is 5.10 Å². The lowest BCUT2D eigenvalue weighted by Crippen LogP contribution is -2.50. The Morgan fingerprint density at radius 2 is 2.19 bits per heavy atom. The summed E-state index contributed by atoms with van der Waals surface area (Å²) in [4.78, 5) is 2.38. The fraction of sp³-hybridized carbons (Fsp3) is 0.727. The normalized spacial score (nSPS) is 33.2. The average Bonchev–Trinajstić information content (AvgIpc) is 2.83. The van der Waals surface area contributed by atoms with E-state index in [1.54, 1.807) is 0 Å². The molecule has 1 spiro atoms. The van der Waals surface area contributed by atoms with E-state index in [2.05, 4.69) is 37.0 Å². The van der Waals surface area contributed by atoms with Crippen molar-refractivity contribution in [2.75, 3.05) is 20.1 Å². The summed E-state index contributed by atoms with van der Waals surface area (Å²) in [6, 6.07) is 2.34. The van der Waals surface area contributed by atoms with Crippen LogP contribution in [0.3, 0.4) is 0 Å². The van der Waals surface area contributed by atoms with Gasteiger partial charge in [-0.1, -0.05) is 0 Å². The predicted molar refractivity (Wildman–Crippen MR) is 67.4 cm³/mol. The molecule has 2 aliphatic heterocycles. The summed E-state index contributed by atoms with van der Waals surface area (Å²) in [5, 5.41) is 4.40. The maximum absolute atomic E-state index is 6.43. The molecule has 3 atom stereocenters. The van der Waals surface area contributed by atoms with Crippen LogP contribution in [0, 0.1) is 0 Å². The van der Waals surface area contributed by atoms with E-state index in [0.717, 1.165) is 25.9 Å². The Kier molecular flexibility index (Phi) is 2.36. The zero-order valence-electron chi connectivity index (χ0n) is 9.63. The van der Waals surface area contributed by atoms with Gasteiger partial charge >= 0.3 is 0 Å². The van der Waals surface area contributed by atoms with Gasteiger partial charge in [0.25, 0.3) is 0 Å². The second-order valence-electron chi connectivity index (χ2n) is 5.14. The molecule has 2 aliphatic rings. The van der Waals surface area contributed by atoms with Gasteiger partial charge in [-0.25, -0.2) is 0 Å². The Bertz CT molecular complexity index is 394. The van der Waals surface area contributed by atoms with Gasteiger partial charge in [0.2, 0.25) is 0 Å². The standard InChI is InChI=1S/C11H19N4P/c1-14-6-3-11(4-7-14)8-2-5-13-15(8)10(16)9(11)12/h2,5,9-10H,3-4,6-7,12,16H2,1H3. The monoisotopic (exact) mass is 238 g/mol. The van der Waals surface area contributed by atoms with Crippen LogP contribution in [0.25, 0.3) is 0 Å². The van der Waals surface area contributed by atoms with Crippen molar-refractivity contribution in [3.8, 4) is 0 Å². The molecular formula is C11H19N4P. The molecule has 1 fully saturated rings. The van der Waals surface area contributed by atoms with Gasteiger partial charge in [0.05, 0.1) is 5.78 Å². The van der Waals surface area contributed by atoms with E-state index in [-0.39, 0.29) is 17.2 Å². The summed E-state index contributed by atoms with van der Waals surface area (Å²) >= 11 is 0. The van der Waals surface area contributed by atoms with Crippen molar-refractivity contribution in [3.05, 3.63) is 18.0 Å². The highest BCUT2D eigenvalue weighted by Crippen LogP contribution is 2.48. The Morgan fingerprint density at radius 1 is 1.50 bits per heavy atom. The molecule has 0 radical (unpaired) electrons. The summed E-state index contributed by atoms with van der Waals surface area (Å²) in [6.45, 7) is 2.27. The number of nitrogens with two attached hydrogens (primary N) is 1. The molecule has 4 nitrogen and oxygen atoms in total. The van der Waals surface area contributed by atoms with Crippen molar-refractivity contribution >= 4 is 9.24 Å². The maximum Gasteiger partial charge on any atom is 0.0817 e. The van der Waals surface area contributed by atoms with Crippen LogP contribution in [-0.2, 0) is 5.41 Å². The van der Waals surface area contributed by atoms with Gasteiger partial charge in [-0.3, -0.25) is 4.68 Å². The highest BCUT2D eigenvalue weighted by Gasteiger charge is 2.50. The van der Waals surface area contributed by atoms with Crippen LogP contribution in [0.2, 0.25) is 0 Å². The number of aromatic nitrogens is 2. The van der Waals surface area contributed by atoms with Crippen molar-refractivity contribution in [1.82, 2.24) is 14.7 Å². The molecule has 1 aromatic rings. The molecule has 3 heterocycles. The molecule has 0 aromatic carbocycles. The molecule has 5 heteroatoms. The SMILES string of the molecule is CN1CCC2(CC1)c1ccnn1C(P)C2N. The molecule has 0 aliphatic carbocycles. The van der Waals surface area contributed by atoms with Crippen LogP contribution in [0.5, 0.6) is 0 Å². The lowest BCUT2D eigenvalue weighted by molar-refractivity contribution is 0.171. The largest absolute Gasteiger partial charge is 0.325 e. The second kappa shape index (κ2) is 3.52. The minimum absolute atomic E-state index is 0.162. The van der Waals surface area contributed by atoms with E-state index in [9.17, 15) is 0 Å². The fourth-order valence-electron chi connectivity index (χ4n) is 3.20. The minimum Gasteiger partial charge on any atom is -0.325 e. The van der Waals surface area contributed by atoms with E-state index in [4.69, 9.17) is 5.73 Å². The van der Waals surface area contributed by atoms with Crippen LogP contribution in [0.4, 0.5) is 0 Å². The molecule has 1 aromatic heterocycles. The summed E-state index contributed by atoms with van der Waals surface area (Å²) in [5.74, 6) is 0.258. The highest BCUT2D eigenvalue weighted by molar-refractivity contribution is 7.16. The molecule has 16 heavy (non-hydrogen) atoms. The van der Waals surface area contributed by atoms with Gasteiger partial charge < -0.3 is 10.6 Å². The molecule has 0 amide bonds. The van der Waals surface area contributed by atoms with Crippen molar-refractivity contribution in [2.24, 2.45) is 5.73 Å². The second-order valence-corrected chi connectivity index (χ2v) is 5.82. The zero-order chi connectivity index (χ0) is 11.3. The van der Waals surface area contributed by atoms with Gasteiger partial charge in [0.1, 0.15) is 0 Å². The van der Waals surface area contributed by atoms with E-state index in [1.807, 2.05) is 6.20 Å². The van der Waals surface area contributed by atoms with Crippen LogP contribution in [0.15, 0.2) is 12.3 Å². The highest BCUT2D eigenvalue weighted by atomic mass is 31.0. The lowest BCUT2D eigenvalue weighted by atomic mass is 9.72. The number of rotatable bonds is 0. The first kappa shape index (κ1) is 10.7. The van der Waals surface area contributed by atoms with Crippen molar-refractivity contribution in [1.29, 1.82) is 0 Å². The molecule has 88 valence electrons. The van der Waals surface area contributed by atoms with Crippen LogP contribution in [0.1, 0.15) is 24.3 Å². The van der Waals surface area contributed by atoms with Gasteiger partial charge in [-0.05, 0) is 39.0 Å². The fourth-order valence-corrected chi connectivity index (χ4v) is 3.81. The topological polar surface area (TPSA) is 47.1 Å². The maximum atomic E-state index is 6.43. The molecular weight excluding hydrogens is 219 g/mol. The molecule has 3 unspecified atom stereocenters. The molecule has 0 bridgehead atoms. The third-order valence-electron chi connectivity index (χ3n) is 4.35. The summed E-state index contributed by atoms with van der Waals surface area (Å²) < 4.78 is 2.10. The lowest BCUT2D eigenvalue weighted by Gasteiger charge is -2.40. The first-order chi connectivity index (χ1) is 7.65.